The van der Waals surface area contributed by atoms with Crippen LogP contribution in [-0.2, 0) is 6.18 Å². The van der Waals surface area contributed by atoms with Gasteiger partial charge in [-0.15, -0.1) is 0 Å². The molecule has 1 saturated heterocycles. The summed E-state index contributed by atoms with van der Waals surface area (Å²) >= 11 is 0. The van der Waals surface area contributed by atoms with E-state index in [1.807, 2.05) is 0 Å². The lowest BCUT2D eigenvalue weighted by Crippen LogP contribution is -2.30. The molecule has 4 N–H and O–H groups in total. The van der Waals surface area contributed by atoms with Gasteiger partial charge in [-0.1, -0.05) is 0 Å². The summed E-state index contributed by atoms with van der Waals surface area (Å²) in [5, 5.41) is 6.24. The first-order valence-electron chi connectivity index (χ1n) is 6.36. The molecule has 0 saturated carbocycles. The second kappa shape index (κ2) is 5.70. The highest BCUT2D eigenvalue weighted by atomic mass is 19.4. The van der Waals surface area contributed by atoms with Crippen molar-refractivity contribution in [3.05, 3.63) is 29.3 Å². The van der Waals surface area contributed by atoms with Crippen molar-refractivity contribution in [2.24, 2.45) is 5.73 Å². The molecule has 7 heteroatoms. The lowest BCUT2D eigenvalue weighted by atomic mass is 10.1. The Morgan fingerprint density at radius 1 is 1.45 bits per heavy atom. The summed E-state index contributed by atoms with van der Waals surface area (Å²) in [6.45, 7) is 1.48. The van der Waals surface area contributed by atoms with Gasteiger partial charge in [0.05, 0.1) is 11.1 Å². The maximum atomic E-state index is 12.6. The van der Waals surface area contributed by atoms with E-state index in [4.69, 9.17) is 5.73 Å². The number of primary amides is 1. The number of amides is 1. The van der Waals surface area contributed by atoms with E-state index in [2.05, 4.69) is 10.6 Å². The highest BCUT2D eigenvalue weighted by Gasteiger charge is 2.31. The second-order valence-electron chi connectivity index (χ2n) is 4.80. The van der Waals surface area contributed by atoms with Crippen molar-refractivity contribution in [3.63, 3.8) is 0 Å². The Morgan fingerprint density at radius 3 is 2.75 bits per heavy atom. The molecule has 2 rings (SSSR count). The van der Waals surface area contributed by atoms with Crippen LogP contribution in [0.3, 0.4) is 0 Å². The Kier molecular flexibility index (Phi) is 4.17. The summed E-state index contributed by atoms with van der Waals surface area (Å²) in [6, 6.07) is 3.24. The topological polar surface area (TPSA) is 67.2 Å². The Balaban J connectivity index is 2.17. The zero-order valence-electron chi connectivity index (χ0n) is 10.8. The molecule has 1 fully saturated rings. The van der Waals surface area contributed by atoms with Gasteiger partial charge in [0.1, 0.15) is 0 Å². The lowest BCUT2D eigenvalue weighted by Gasteiger charge is -2.16. The van der Waals surface area contributed by atoms with Crippen LogP contribution in [0.5, 0.6) is 0 Å². The average molecular weight is 287 g/mol. The molecular weight excluding hydrogens is 271 g/mol. The molecule has 1 amide bonds. The van der Waals surface area contributed by atoms with Crippen molar-refractivity contribution in [1.82, 2.24) is 5.32 Å². The summed E-state index contributed by atoms with van der Waals surface area (Å²) in [5.74, 6) is -0.877. The van der Waals surface area contributed by atoms with E-state index in [1.165, 1.54) is 6.07 Å². The minimum atomic E-state index is -4.49. The monoisotopic (exact) mass is 287 g/mol. The summed E-state index contributed by atoms with van der Waals surface area (Å²) in [4.78, 5) is 11.3. The summed E-state index contributed by atoms with van der Waals surface area (Å²) in [6.07, 6.45) is -2.42. The van der Waals surface area contributed by atoms with Crippen LogP contribution in [0.15, 0.2) is 18.2 Å². The van der Waals surface area contributed by atoms with Crippen LogP contribution in [-0.4, -0.2) is 25.0 Å². The van der Waals surface area contributed by atoms with Gasteiger partial charge in [0, 0.05) is 18.3 Å². The Hall–Kier alpha value is -1.76. The van der Waals surface area contributed by atoms with Crippen LogP contribution >= 0.6 is 0 Å². The van der Waals surface area contributed by atoms with E-state index in [9.17, 15) is 18.0 Å². The molecule has 20 heavy (non-hydrogen) atoms. The quantitative estimate of drug-likeness (QED) is 0.793. The first kappa shape index (κ1) is 14.6. The smallest absolute Gasteiger partial charge is 0.383 e. The number of carbonyl (C=O) groups is 1. The van der Waals surface area contributed by atoms with Crippen LogP contribution in [0.2, 0.25) is 0 Å². The maximum Gasteiger partial charge on any atom is 0.416 e. The number of benzene rings is 1. The minimum Gasteiger partial charge on any atom is -0.383 e. The molecule has 1 aromatic rings. The van der Waals surface area contributed by atoms with Gasteiger partial charge in [0.2, 0.25) is 0 Å². The fourth-order valence-corrected chi connectivity index (χ4v) is 2.24. The molecule has 0 radical (unpaired) electrons. The SMILES string of the molecule is NC(=O)c1cc(C(F)(F)F)ccc1NCC1CCCN1. The predicted octanol–water partition coefficient (Wildman–Crippen LogP) is 1.97. The van der Waals surface area contributed by atoms with Crippen molar-refractivity contribution >= 4 is 11.6 Å². The Morgan fingerprint density at radius 2 is 2.20 bits per heavy atom. The zero-order valence-corrected chi connectivity index (χ0v) is 10.8. The molecular formula is C13H16F3N3O. The van der Waals surface area contributed by atoms with Crippen LogP contribution < -0.4 is 16.4 Å². The summed E-state index contributed by atoms with van der Waals surface area (Å²) < 4.78 is 37.8. The number of hydrogen-bond donors (Lipinski definition) is 3. The van der Waals surface area contributed by atoms with Gasteiger partial charge in [0.25, 0.3) is 5.91 Å². The van der Waals surface area contributed by atoms with Gasteiger partial charge in [-0.3, -0.25) is 4.79 Å². The fourth-order valence-electron chi connectivity index (χ4n) is 2.24. The van der Waals surface area contributed by atoms with Crippen LogP contribution in [0.25, 0.3) is 0 Å². The van der Waals surface area contributed by atoms with Crippen LogP contribution in [0, 0.1) is 0 Å². The van der Waals surface area contributed by atoms with E-state index in [0.29, 0.717) is 12.2 Å². The number of hydrogen-bond acceptors (Lipinski definition) is 3. The van der Waals surface area contributed by atoms with Gasteiger partial charge in [-0.25, -0.2) is 0 Å². The number of rotatable bonds is 4. The van der Waals surface area contributed by atoms with Crippen LogP contribution in [0.4, 0.5) is 18.9 Å². The largest absolute Gasteiger partial charge is 0.416 e. The zero-order chi connectivity index (χ0) is 14.8. The number of alkyl halides is 3. The highest BCUT2D eigenvalue weighted by Crippen LogP contribution is 2.31. The standard InChI is InChI=1S/C13H16F3N3O/c14-13(15,16)8-3-4-11(10(6-8)12(17)20)19-7-9-2-1-5-18-9/h3-4,6,9,18-19H,1-2,5,7H2,(H2,17,20). The molecule has 1 aromatic carbocycles. The van der Waals surface area contributed by atoms with E-state index < -0.39 is 17.6 Å². The molecule has 1 unspecified atom stereocenters. The maximum absolute atomic E-state index is 12.6. The van der Waals surface area contributed by atoms with E-state index in [-0.39, 0.29) is 11.6 Å². The van der Waals surface area contributed by atoms with E-state index >= 15 is 0 Å². The number of nitrogens with two attached hydrogens (primary N) is 1. The Labute approximate surface area is 114 Å². The third-order valence-corrected chi connectivity index (χ3v) is 3.31. The van der Waals surface area contributed by atoms with Gasteiger partial charge >= 0.3 is 6.18 Å². The van der Waals surface area contributed by atoms with Gasteiger partial charge < -0.3 is 16.4 Å². The highest BCUT2D eigenvalue weighted by molar-refractivity contribution is 5.98. The average Bonchev–Trinajstić information content (AvgIpc) is 2.88. The summed E-state index contributed by atoms with van der Waals surface area (Å²) in [7, 11) is 0. The van der Waals surface area contributed by atoms with Crippen molar-refractivity contribution in [2.45, 2.75) is 25.1 Å². The molecule has 0 aliphatic carbocycles. The predicted molar refractivity (Wildman–Crippen MR) is 69.5 cm³/mol. The van der Waals surface area contributed by atoms with Crippen molar-refractivity contribution in [2.75, 3.05) is 18.4 Å². The number of carbonyl (C=O) groups excluding carboxylic acids is 1. The molecule has 1 aliphatic rings. The molecule has 110 valence electrons. The van der Waals surface area contributed by atoms with Crippen LogP contribution in [0.1, 0.15) is 28.8 Å². The molecule has 1 heterocycles. The molecule has 0 spiro atoms. The lowest BCUT2D eigenvalue weighted by molar-refractivity contribution is -0.137. The third kappa shape index (κ3) is 3.41. The number of anilines is 1. The summed E-state index contributed by atoms with van der Waals surface area (Å²) in [5.41, 5.74) is 4.46. The molecule has 1 atom stereocenters. The normalized spacial score (nSPS) is 19.1. The molecule has 0 aromatic heterocycles. The van der Waals surface area contributed by atoms with Gasteiger partial charge in [-0.05, 0) is 37.6 Å². The number of nitrogens with one attached hydrogen (secondary N) is 2. The third-order valence-electron chi connectivity index (χ3n) is 3.31. The Bertz CT molecular complexity index is 496. The molecule has 1 aliphatic heterocycles. The van der Waals surface area contributed by atoms with Gasteiger partial charge in [0.15, 0.2) is 0 Å². The van der Waals surface area contributed by atoms with Crippen molar-refractivity contribution in [3.8, 4) is 0 Å². The van der Waals surface area contributed by atoms with Gasteiger partial charge in [-0.2, -0.15) is 13.2 Å². The fraction of sp³-hybridized carbons (Fsp3) is 0.462. The van der Waals surface area contributed by atoms with Crippen molar-refractivity contribution in [1.29, 1.82) is 0 Å². The van der Waals surface area contributed by atoms with Crippen molar-refractivity contribution < 1.29 is 18.0 Å². The first-order valence-corrected chi connectivity index (χ1v) is 6.36. The van der Waals surface area contributed by atoms with E-state index in [0.717, 1.165) is 31.5 Å². The first-order chi connectivity index (χ1) is 9.38. The molecule has 4 nitrogen and oxygen atoms in total. The van der Waals surface area contributed by atoms with E-state index in [1.54, 1.807) is 0 Å². The number of halogens is 3. The minimum absolute atomic E-state index is 0.141. The second-order valence-corrected chi connectivity index (χ2v) is 4.80. The molecule has 0 bridgehead atoms.